The summed E-state index contributed by atoms with van der Waals surface area (Å²) in [5, 5.41) is 3.66. The highest BCUT2D eigenvalue weighted by molar-refractivity contribution is 5.17. The summed E-state index contributed by atoms with van der Waals surface area (Å²) in [6.45, 7) is 5.81. The van der Waals surface area contributed by atoms with E-state index in [2.05, 4.69) is 49.5 Å². The van der Waals surface area contributed by atoms with Gasteiger partial charge in [0.2, 0.25) is 0 Å². The van der Waals surface area contributed by atoms with Crippen molar-refractivity contribution in [1.29, 1.82) is 0 Å². The second-order valence-electron chi connectivity index (χ2n) is 5.32. The molecule has 16 heavy (non-hydrogen) atoms. The maximum atomic E-state index is 3.66. The van der Waals surface area contributed by atoms with Crippen LogP contribution in [0, 0.1) is 11.8 Å². The second-order valence-corrected chi connectivity index (χ2v) is 5.32. The van der Waals surface area contributed by atoms with Gasteiger partial charge in [-0.2, -0.15) is 0 Å². The number of hydrogen-bond acceptors (Lipinski definition) is 1. The fourth-order valence-electron chi connectivity index (χ4n) is 2.71. The first-order valence-electron chi connectivity index (χ1n) is 6.54. The van der Waals surface area contributed by atoms with E-state index in [0.717, 1.165) is 11.8 Å². The molecule has 0 aromatic heterocycles. The van der Waals surface area contributed by atoms with Gasteiger partial charge in [-0.05, 0) is 43.7 Å². The summed E-state index contributed by atoms with van der Waals surface area (Å²) in [6, 6.07) is 11.2. The van der Waals surface area contributed by atoms with E-state index in [1.165, 1.54) is 31.4 Å². The predicted molar refractivity (Wildman–Crippen MR) is 69.4 cm³/mol. The van der Waals surface area contributed by atoms with Gasteiger partial charge in [0.15, 0.2) is 0 Å². The third kappa shape index (κ3) is 3.08. The van der Waals surface area contributed by atoms with Crippen LogP contribution in [0.1, 0.15) is 44.7 Å². The molecule has 1 aliphatic rings. The molecule has 0 bridgehead atoms. The van der Waals surface area contributed by atoms with Crippen molar-refractivity contribution in [2.45, 2.75) is 39.2 Å². The number of benzene rings is 1. The predicted octanol–water partition coefficient (Wildman–Crippen LogP) is 3.77. The maximum absolute atomic E-state index is 3.66. The Labute approximate surface area is 99.3 Å². The normalized spacial score (nSPS) is 26.9. The van der Waals surface area contributed by atoms with E-state index in [1.807, 2.05) is 0 Å². The van der Waals surface area contributed by atoms with E-state index in [-0.39, 0.29) is 0 Å². The summed E-state index contributed by atoms with van der Waals surface area (Å²) in [6.07, 6.45) is 4.25. The SMILES string of the molecule is CC1CCC(CNC(C)c2ccccc2)C1. The average molecular weight is 217 g/mol. The molecule has 0 heterocycles. The lowest BCUT2D eigenvalue weighted by molar-refractivity contribution is 0.440. The van der Waals surface area contributed by atoms with Gasteiger partial charge in [0, 0.05) is 6.04 Å². The van der Waals surface area contributed by atoms with Gasteiger partial charge in [-0.1, -0.05) is 43.7 Å². The summed E-state index contributed by atoms with van der Waals surface area (Å²) in [7, 11) is 0. The molecule has 1 aromatic rings. The summed E-state index contributed by atoms with van der Waals surface area (Å²) in [5.41, 5.74) is 1.40. The molecule has 0 amide bonds. The smallest absolute Gasteiger partial charge is 0.0291 e. The van der Waals surface area contributed by atoms with Gasteiger partial charge in [0.1, 0.15) is 0 Å². The molecular formula is C15H23N. The van der Waals surface area contributed by atoms with Crippen LogP contribution in [0.2, 0.25) is 0 Å². The molecule has 1 aliphatic carbocycles. The van der Waals surface area contributed by atoms with Crippen LogP contribution in [0.5, 0.6) is 0 Å². The largest absolute Gasteiger partial charge is 0.310 e. The van der Waals surface area contributed by atoms with E-state index in [9.17, 15) is 0 Å². The van der Waals surface area contributed by atoms with E-state index in [1.54, 1.807) is 0 Å². The zero-order chi connectivity index (χ0) is 11.4. The van der Waals surface area contributed by atoms with E-state index >= 15 is 0 Å². The molecule has 3 atom stereocenters. The molecule has 88 valence electrons. The summed E-state index contributed by atoms with van der Waals surface area (Å²) in [5.74, 6) is 1.85. The molecule has 1 fully saturated rings. The van der Waals surface area contributed by atoms with Crippen LogP contribution in [0.25, 0.3) is 0 Å². The molecule has 0 radical (unpaired) electrons. The van der Waals surface area contributed by atoms with E-state index < -0.39 is 0 Å². The standard InChI is InChI=1S/C15H23N/c1-12-8-9-14(10-12)11-16-13(2)15-6-4-3-5-7-15/h3-7,12-14,16H,8-11H2,1-2H3. The van der Waals surface area contributed by atoms with Crippen molar-refractivity contribution in [2.75, 3.05) is 6.54 Å². The zero-order valence-electron chi connectivity index (χ0n) is 10.4. The highest BCUT2D eigenvalue weighted by Gasteiger charge is 2.21. The molecule has 1 saturated carbocycles. The van der Waals surface area contributed by atoms with Crippen LogP contribution in [0.3, 0.4) is 0 Å². The van der Waals surface area contributed by atoms with Crippen molar-refractivity contribution >= 4 is 0 Å². The Morgan fingerprint density at radius 2 is 2.00 bits per heavy atom. The first-order valence-corrected chi connectivity index (χ1v) is 6.54. The van der Waals surface area contributed by atoms with Crippen LogP contribution in [-0.4, -0.2) is 6.54 Å². The highest BCUT2D eigenvalue weighted by Crippen LogP contribution is 2.30. The van der Waals surface area contributed by atoms with Gasteiger partial charge >= 0.3 is 0 Å². The van der Waals surface area contributed by atoms with Crippen molar-refractivity contribution in [3.8, 4) is 0 Å². The Morgan fingerprint density at radius 3 is 2.62 bits per heavy atom. The van der Waals surface area contributed by atoms with Crippen LogP contribution in [0.4, 0.5) is 0 Å². The lowest BCUT2D eigenvalue weighted by Gasteiger charge is -2.17. The Morgan fingerprint density at radius 1 is 1.25 bits per heavy atom. The lowest BCUT2D eigenvalue weighted by Crippen LogP contribution is -2.24. The monoisotopic (exact) mass is 217 g/mol. The lowest BCUT2D eigenvalue weighted by atomic mass is 10.0. The minimum Gasteiger partial charge on any atom is -0.310 e. The second kappa shape index (κ2) is 5.49. The quantitative estimate of drug-likeness (QED) is 0.809. The number of nitrogens with one attached hydrogen (secondary N) is 1. The van der Waals surface area contributed by atoms with E-state index in [4.69, 9.17) is 0 Å². The molecular weight excluding hydrogens is 194 g/mol. The topological polar surface area (TPSA) is 12.0 Å². The van der Waals surface area contributed by atoms with Crippen molar-refractivity contribution < 1.29 is 0 Å². The first-order chi connectivity index (χ1) is 7.75. The van der Waals surface area contributed by atoms with Gasteiger partial charge in [0.05, 0.1) is 0 Å². The van der Waals surface area contributed by atoms with Gasteiger partial charge in [-0.15, -0.1) is 0 Å². The van der Waals surface area contributed by atoms with Gasteiger partial charge < -0.3 is 5.32 Å². The van der Waals surface area contributed by atoms with Crippen LogP contribution in [0.15, 0.2) is 30.3 Å². The van der Waals surface area contributed by atoms with Crippen LogP contribution < -0.4 is 5.32 Å². The Balaban J connectivity index is 1.78. The Kier molecular flexibility index (Phi) is 4.00. The fraction of sp³-hybridized carbons (Fsp3) is 0.600. The maximum Gasteiger partial charge on any atom is 0.0291 e. The minimum absolute atomic E-state index is 0.483. The highest BCUT2D eigenvalue weighted by atomic mass is 14.9. The van der Waals surface area contributed by atoms with Crippen molar-refractivity contribution in [2.24, 2.45) is 11.8 Å². The minimum atomic E-state index is 0.483. The Hall–Kier alpha value is -0.820. The number of hydrogen-bond donors (Lipinski definition) is 1. The molecule has 1 nitrogen and oxygen atoms in total. The molecule has 0 spiro atoms. The van der Waals surface area contributed by atoms with Crippen molar-refractivity contribution in [3.63, 3.8) is 0 Å². The summed E-state index contributed by atoms with van der Waals surface area (Å²) < 4.78 is 0. The first kappa shape index (κ1) is 11.7. The molecule has 1 aromatic carbocycles. The third-order valence-corrected chi connectivity index (χ3v) is 3.82. The van der Waals surface area contributed by atoms with Crippen molar-refractivity contribution in [3.05, 3.63) is 35.9 Å². The van der Waals surface area contributed by atoms with Gasteiger partial charge in [0.25, 0.3) is 0 Å². The Bertz CT molecular complexity index is 306. The molecule has 1 N–H and O–H groups in total. The van der Waals surface area contributed by atoms with E-state index in [0.29, 0.717) is 6.04 Å². The zero-order valence-corrected chi connectivity index (χ0v) is 10.4. The summed E-state index contributed by atoms with van der Waals surface area (Å²) >= 11 is 0. The molecule has 2 rings (SSSR count). The fourth-order valence-corrected chi connectivity index (χ4v) is 2.71. The van der Waals surface area contributed by atoms with Gasteiger partial charge in [-0.25, -0.2) is 0 Å². The third-order valence-electron chi connectivity index (χ3n) is 3.82. The average Bonchev–Trinajstić information content (AvgIpc) is 2.73. The molecule has 0 aliphatic heterocycles. The van der Waals surface area contributed by atoms with Crippen LogP contribution >= 0.6 is 0 Å². The van der Waals surface area contributed by atoms with Crippen LogP contribution in [-0.2, 0) is 0 Å². The van der Waals surface area contributed by atoms with Crippen molar-refractivity contribution in [1.82, 2.24) is 5.32 Å². The molecule has 3 unspecified atom stereocenters. The van der Waals surface area contributed by atoms with Gasteiger partial charge in [-0.3, -0.25) is 0 Å². The molecule has 0 saturated heterocycles. The summed E-state index contributed by atoms with van der Waals surface area (Å²) in [4.78, 5) is 0. The number of rotatable bonds is 4. The molecule has 1 heteroatoms.